The lowest BCUT2D eigenvalue weighted by Gasteiger charge is -2.11. The third kappa shape index (κ3) is 4.88. The summed E-state index contributed by atoms with van der Waals surface area (Å²) >= 11 is 0. The maximum absolute atomic E-state index is 5.45. The van der Waals surface area contributed by atoms with Gasteiger partial charge in [0.25, 0.3) is 0 Å². The molecule has 3 rings (SSSR count). The molecule has 0 saturated carbocycles. The van der Waals surface area contributed by atoms with Crippen LogP contribution in [-0.4, -0.2) is 44.8 Å². The number of ether oxygens (including phenoxy) is 4. The zero-order valence-corrected chi connectivity index (χ0v) is 19.2. The average molecular weight is 434 g/mol. The minimum atomic E-state index is 0.617. The molecule has 1 heterocycles. The summed E-state index contributed by atoms with van der Waals surface area (Å²) < 4.78 is 21.8. The van der Waals surface area contributed by atoms with Crippen molar-refractivity contribution in [2.45, 2.75) is 13.8 Å². The molecule has 0 amide bonds. The summed E-state index contributed by atoms with van der Waals surface area (Å²) in [6.45, 7) is 3.79. The van der Waals surface area contributed by atoms with Crippen LogP contribution in [0.2, 0.25) is 0 Å². The molecule has 0 saturated heterocycles. The van der Waals surface area contributed by atoms with Crippen LogP contribution in [0.1, 0.15) is 25.2 Å². The van der Waals surface area contributed by atoms with Crippen molar-refractivity contribution in [2.75, 3.05) is 28.4 Å². The maximum atomic E-state index is 5.45. The number of methoxy groups -OCH3 is 4. The van der Waals surface area contributed by atoms with Crippen molar-refractivity contribution in [3.63, 3.8) is 0 Å². The lowest BCUT2D eigenvalue weighted by molar-refractivity contribution is 0.397. The van der Waals surface area contributed by atoms with E-state index < -0.39 is 0 Å². The molecule has 0 atom stereocenters. The van der Waals surface area contributed by atoms with Crippen LogP contribution in [0.25, 0.3) is 0 Å². The fourth-order valence-corrected chi connectivity index (χ4v) is 3.17. The molecule has 0 spiro atoms. The number of aromatic nitrogens is 1. The molecule has 0 aliphatic carbocycles. The molecule has 32 heavy (non-hydrogen) atoms. The van der Waals surface area contributed by atoms with E-state index in [1.54, 1.807) is 28.4 Å². The van der Waals surface area contributed by atoms with Gasteiger partial charge in [-0.05, 0) is 50.2 Å². The molecule has 166 valence electrons. The summed E-state index contributed by atoms with van der Waals surface area (Å²) in [5.41, 5.74) is 4.11. The highest BCUT2D eigenvalue weighted by Crippen LogP contribution is 2.38. The number of para-hydroxylation sites is 2. The second kappa shape index (κ2) is 10.4. The summed E-state index contributed by atoms with van der Waals surface area (Å²) in [4.78, 5) is 14.2. The Morgan fingerprint density at radius 3 is 1.19 bits per heavy atom. The summed E-state index contributed by atoms with van der Waals surface area (Å²) in [5.74, 6) is 2.50. The summed E-state index contributed by atoms with van der Waals surface area (Å²) in [6.07, 6.45) is 0. The van der Waals surface area contributed by atoms with Gasteiger partial charge < -0.3 is 18.9 Å². The molecule has 0 bridgehead atoms. The van der Waals surface area contributed by atoms with Crippen LogP contribution in [-0.2, 0) is 0 Å². The Morgan fingerprint density at radius 2 is 0.875 bits per heavy atom. The summed E-state index contributed by atoms with van der Waals surface area (Å²) in [5, 5.41) is 0. The largest absolute Gasteiger partial charge is 0.494 e. The van der Waals surface area contributed by atoms with Gasteiger partial charge in [-0.3, -0.25) is 0 Å². The Morgan fingerprint density at radius 1 is 0.562 bits per heavy atom. The number of pyridine rings is 1. The quantitative estimate of drug-likeness (QED) is 0.445. The van der Waals surface area contributed by atoms with Crippen LogP contribution >= 0.6 is 0 Å². The van der Waals surface area contributed by atoms with Crippen LogP contribution in [0.5, 0.6) is 23.0 Å². The van der Waals surface area contributed by atoms with E-state index >= 15 is 0 Å². The van der Waals surface area contributed by atoms with Crippen molar-refractivity contribution in [1.29, 1.82) is 0 Å². The van der Waals surface area contributed by atoms with Crippen LogP contribution in [0.15, 0.2) is 64.6 Å². The van der Waals surface area contributed by atoms with Crippen molar-refractivity contribution < 1.29 is 18.9 Å². The predicted octanol–water partition coefficient (Wildman–Crippen LogP) is 5.40. The number of hydrogen-bond donors (Lipinski definition) is 0. The minimum Gasteiger partial charge on any atom is -0.494 e. The molecule has 1 aromatic heterocycles. The first-order valence-electron chi connectivity index (χ1n) is 10.0. The zero-order valence-electron chi connectivity index (χ0n) is 19.2. The van der Waals surface area contributed by atoms with Crippen LogP contribution in [0, 0.1) is 0 Å². The Hall–Kier alpha value is -3.87. The summed E-state index contributed by atoms with van der Waals surface area (Å²) in [6, 6.07) is 16.8. The molecular weight excluding hydrogens is 406 g/mol. The first-order chi connectivity index (χ1) is 15.5. The van der Waals surface area contributed by atoms with E-state index in [-0.39, 0.29) is 0 Å². The van der Waals surface area contributed by atoms with Gasteiger partial charge in [-0.2, -0.15) is 0 Å². The number of nitrogens with zero attached hydrogens (tertiary/aromatic N) is 3. The minimum absolute atomic E-state index is 0.617. The Bertz CT molecular complexity index is 1020. The zero-order chi connectivity index (χ0) is 23.1. The molecule has 0 radical (unpaired) electrons. The highest BCUT2D eigenvalue weighted by Gasteiger charge is 2.13. The SMILES string of the molecule is COc1cccc(OC)c1N=C(C)c1cccc(C(C)=Nc2c(OC)cccc2OC)n1. The second-order valence-electron chi connectivity index (χ2n) is 6.82. The van der Waals surface area contributed by atoms with Crippen molar-refractivity contribution in [3.05, 3.63) is 66.0 Å². The topological polar surface area (TPSA) is 74.5 Å². The van der Waals surface area contributed by atoms with E-state index in [2.05, 4.69) is 0 Å². The number of rotatable bonds is 8. The third-order valence-electron chi connectivity index (χ3n) is 4.85. The number of aliphatic imine (C=N–C) groups is 2. The monoisotopic (exact) mass is 433 g/mol. The van der Waals surface area contributed by atoms with Gasteiger partial charge in [0, 0.05) is 0 Å². The van der Waals surface area contributed by atoms with Crippen LogP contribution in [0.4, 0.5) is 11.4 Å². The molecular formula is C25H27N3O4. The summed E-state index contributed by atoms with van der Waals surface area (Å²) in [7, 11) is 6.42. The second-order valence-corrected chi connectivity index (χ2v) is 6.82. The van der Waals surface area contributed by atoms with Crippen molar-refractivity contribution in [2.24, 2.45) is 9.98 Å². The third-order valence-corrected chi connectivity index (χ3v) is 4.85. The van der Waals surface area contributed by atoms with E-state index in [4.69, 9.17) is 33.9 Å². The molecule has 0 aliphatic heterocycles. The molecule has 3 aromatic rings. The smallest absolute Gasteiger partial charge is 0.148 e. The van der Waals surface area contributed by atoms with Gasteiger partial charge >= 0.3 is 0 Å². The average Bonchev–Trinajstić information content (AvgIpc) is 2.84. The molecule has 2 aromatic carbocycles. The fourth-order valence-electron chi connectivity index (χ4n) is 3.17. The first kappa shape index (κ1) is 22.8. The molecule has 7 nitrogen and oxygen atoms in total. The van der Waals surface area contributed by atoms with Crippen molar-refractivity contribution in [3.8, 4) is 23.0 Å². The predicted molar refractivity (Wildman–Crippen MR) is 127 cm³/mol. The Labute approximate surface area is 188 Å². The van der Waals surface area contributed by atoms with Gasteiger partial charge in [0.05, 0.1) is 51.3 Å². The fraction of sp³-hybridized carbons (Fsp3) is 0.240. The normalized spacial score (nSPS) is 11.8. The van der Waals surface area contributed by atoms with Gasteiger partial charge in [0.1, 0.15) is 34.4 Å². The van der Waals surface area contributed by atoms with E-state index in [1.165, 1.54) is 0 Å². The number of hydrogen-bond acceptors (Lipinski definition) is 7. The standard InChI is InChI=1S/C25H27N3O4/c1-16(26-24-20(29-3)12-8-13-21(24)30-4)18-10-7-11-19(28-18)17(2)27-25-22(31-5)14-9-15-23(25)32-6/h7-15H,1-6H3. The lowest BCUT2D eigenvalue weighted by Crippen LogP contribution is -2.05. The van der Waals surface area contributed by atoms with Crippen LogP contribution in [0.3, 0.4) is 0 Å². The van der Waals surface area contributed by atoms with E-state index in [0.717, 1.165) is 22.8 Å². The maximum Gasteiger partial charge on any atom is 0.148 e. The van der Waals surface area contributed by atoms with Gasteiger partial charge in [0.15, 0.2) is 0 Å². The molecule has 7 heteroatoms. The molecule has 0 fully saturated rings. The molecule has 0 unspecified atom stereocenters. The van der Waals surface area contributed by atoms with Gasteiger partial charge in [-0.25, -0.2) is 15.0 Å². The van der Waals surface area contributed by atoms with Crippen molar-refractivity contribution >= 4 is 22.8 Å². The highest BCUT2D eigenvalue weighted by atomic mass is 16.5. The Balaban J connectivity index is 2.01. The van der Waals surface area contributed by atoms with E-state index in [9.17, 15) is 0 Å². The first-order valence-corrected chi connectivity index (χ1v) is 10.0. The van der Waals surface area contributed by atoms with Crippen LogP contribution < -0.4 is 18.9 Å². The van der Waals surface area contributed by atoms with Crippen molar-refractivity contribution in [1.82, 2.24) is 4.98 Å². The molecule has 0 N–H and O–H groups in total. The van der Waals surface area contributed by atoms with Gasteiger partial charge in [-0.15, -0.1) is 0 Å². The number of benzene rings is 2. The Kier molecular flexibility index (Phi) is 7.44. The van der Waals surface area contributed by atoms with E-state index in [0.29, 0.717) is 34.4 Å². The van der Waals surface area contributed by atoms with Gasteiger partial charge in [0.2, 0.25) is 0 Å². The lowest BCUT2D eigenvalue weighted by atomic mass is 10.2. The van der Waals surface area contributed by atoms with E-state index in [1.807, 2.05) is 68.4 Å². The molecule has 0 aliphatic rings. The van der Waals surface area contributed by atoms with Gasteiger partial charge in [-0.1, -0.05) is 18.2 Å². The highest BCUT2D eigenvalue weighted by molar-refractivity contribution is 6.03.